The Kier molecular flexibility index (Phi) is 8.35. The van der Waals surface area contributed by atoms with Gasteiger partial charge in [-0.25, -0.2) is 9.18 Å². The minimum atomic E-state index is -0.930. The highest BCUT2D eigenvalue weighted by Gasteiger charge is 2.29. The molecule has 1 unspecified atom stereocenters. The van der Waals surface area contributed by atoms with Gasteiger partial charge >= 0.3 is 17.6 Å². The number of rotatable bonds is 10. The normalized spacial score (nSPS) is 13.1. The van der Waals surface area contributed by atoms with Crippen LogP contribution in [0.15, 0.2) is 41.5 Å². The van der Waals surface area contributed by atoms with Crippen molar-refractivity contribution in [2.45, 2.75) is 45.4 Å². The Morgan fingerprint density at radius 2 is 1.70 bits per heavy atom. The molecule has 0 saturated heterocycles. The highest BCUT2D eigenvalue weighted by atomic mass is 19.1. The van der Waals surface area contributed by atoms with Gasteiger partial charge in [-0.15, -0.1) is 0 Å². The SMILES string of the molecule is COC(=O)C(CC(C)C)N[C@@H](Cn1ccn(Cc2cccc(F)c2)c1=O)C(=O)OC. The van der Waals surface area contributed by atoms with Crippen LogP contribution in [0.5, 0.6) is 0 Å². The Bertz CT molecular complexity index is 921. The van der Waals surface area contributed by atoms with Gasteiger partial charge in [0.25, 0.3) is 0 Å². The van der Waals surface area contributed by atoms with Gasteiger partial charge in [0.15, 0.2) is 0 Å². The Morgan fingerprint density at radius 3 is 2.30 bits per heavy atom. The molecule has 0 spiro atoms. The molecular formula is C21H28FN3O5. The van der Waals surface area contributed by atoms with Gasteiger partial charge in [0.05, 0.1) is 27.3 Å². The second-order valence-corrected chi connectivity index (χ2v) is 7.44. The van der Waals surface area contributed by atoms with E-state index in [0.717, 1.165) is 0 Å². The van der Waals surface area contributed by atoms with E-state index < -0.39 is 24.0 Å². The van der Waals surface area contributed by atoms with Gasteiger partial charge in [0.1, 0.15) is 17.9 Å². The van der Waals surface area contributed by atoms with Crippen molar-refractivity contribution in [2.24, 2.45) is 5.92 Å². The van der Waals surface area contributed by atoms with Crippen LogP contribution in [0.25, 0.3) is 0 Å². The molecule has 0 bridgehead atoms. The van der Waals surface area contributed by atoms with E-state index >= 15 is 0 Å². The van der Waals surface area contributed by atoms with E-state index in [1.807, 2.05) is 13.8 Å². The first-order valence-corrected chi connectivity index (χ1v) is 9.66. The molecule has 164 valence electrons. The number of methoxy groups -OCH3 is 2. The Balaban J connectivity index is 2.20. The number of halogens is 1. The van der Waals surface area contributed by atoms with Crippen LogP contribution in [0.3, 0.4) is 0 Å². The Labute approximate surface area is 174 Å². The van der Waals surface area contributed by atoms with Crippen molar-refractivity contribution in [3.05, 3.63) is 58.5 Å². The fourth-order valence-electron chi connectivity index (χ4n) is 3.17. The third-order valence-corrected chi connectivity index (χ3v) is 4.62. The first-order valence-electron chi connectivity index (χ1n) is 9.66. The fourth-order valence-corrected chi connectivity index (χ4v) is 3.17. The van der Waals surface area contributed by atoms with Crippen LogP contribution >= 0.6 is 0 Å². The largest absolute Gasteiger partial charge is 0.468 e. The summed E-state index contributed by atoms with van der Waals surface area (Å²) >= 11 is 0. The third-order valence-electron chi connectivity index (χ3n) is 4.62. The number of imidazole rings is 1. The number of nitrogens with zero attached hydrogens (tertiary/aromatic N) is 2. The molecule has 2 aromatic rings. The number of hydrogen-bond acceptors (Lipinski definition) is 6. The Hall–Kier alpha value is -2.94. The summed E-state index contributed by atoms with van der Waals surface area (Å²) in [6, 6.07) is 4.34. The van der Waals surface area contributed by atoms with Gasteiger partial charge in [-0.3, -0.25) is 24.0 Å². The molecule has 0 aliphatic carbocycles. The number of hydrogen-bond donors (Lipinski definition) is 1. The summed E-state index contributed by atoms with van der Waals surface area (Å²) in [5.41, 5.74) is 0.272. The number of esters is 2. The number of carbonyl (C=O) groups excluding carboxylic acids is 2. The molecule has 0 fully saturated rings. The number of ether oxygens (including phenoxy) is 2. The van der Waals surface area contributed by atoms with Crippen LogP contribution in [-0.2, 0) is 32.2 Å². The van der Waals surface area contributed by atoms with E-state index in [1.165, 1.54) is 41.7 Å². The van der Waals surface area contributed by atoms with Crippen molar-refractivity contribution in [2.75, 3.05) is 14.2 Å². The van der Waals surface area contributed by atoms with Crippen LogP contribution in [-0.4, -0.2) is 47.4 Å². The van der Waals surface area contributed by atoms with Gasteiger partial charge < -0.3 is 9.47 Å². The van der Waals surface area contributed by atoms with Crippen molar-refractivity contribution in [3.8, 4) is 0 Å². The molecule has 0 amide bonds. The van der Waals surface area contributed by atoms with Crippen molar-refractivity contribution < 1.29 is 23.5 Å². The summed E-state index contributed by atoms with van der Waals surface area (Å²) in [7, 11) is 2.52. The van der Waals surface area contributed by atoms with Gasteiger partial charge in [-0.1, -0.05) is 26.0 Å². The van der Waals surface area contributed by atoms with Crippen LogP contribution in [0, 0.1) is 11.7 Å². The number of benzene rings is 1. The van der Waals surface area contributed by atoms with Gasteiger partial charge in [-0.05, 0) is 30.0 Å². The quantitative estimate of drug-likeness (QED) is 0.586. The minimum absolute atomic E-state index is 0.0345. The lowest BCUT2D eigenvalue weighted by molar-refractivity contribution is -0.147. The second kappa shape index (κ2) is 10.7. The average molecular weight is 421 g/mol. The molecule has 1 aromatic carbocycles. The fraction of sp³-hybridized carbons (Fsp3) is 0.476. The molecule has 0 radical (unpaired) electrons. The van der Waals surface area contributed by atoms with Crippen LogP contribution in [0.4, 0.5) is 4.39 Å². The molecule has 0 saturated carbocycles. The second-order valence-electron chi connectivity index (χ2n) is 7.44. The molecule has 1 N–H and O–H groups in total. The minimum Gasteiger partial charge on any atom is -0.468 e. The van der Waals surface area contributed by atoms with Crippen molar-refractivity contribution >= 4 is 11.9 Å². The standard InChI is InChI=1S/C21H28FN3O5/c1-14(2)10-17(19(26)29-3)23-18(20(27)30-4)13-25-9-8-24(21(25)28)12-15-6-5-7-16(22)11-15/h5-9,11,14,17-18,23H,10,12-13H2,1-4H3/t17?,18-/m0/s1. The molecule has 1 heterocycles. The van der Waals surface area contributed by atoms with Crippen LogP contribution in [0.1, 0.15) is 25.8 Å². The van der Waals surface area contributed by atoms with Crippen LogP contribution in [0.2, 0.25) is 0 Å². The first kappa shape index (κ1) is 23.3. The maximum atomic E-state index is 13.4. The van der Waals surface area contributed by atoms with E-state index in [1.54, 1.807) is 18.3 Å². The van der Waals surface area contributed by atoms with E-state index in [9.17, 15) is 18.8 Å². The van der Waals surface area contributed by atoms with Crippen LogP contribution < -0.4 is 11.0 Å². The summed E-state index contributed by atoms with van der Waals surface area (Å²) in [6.07, 6.45) is 3.55. The maximum Gasteiger partial charge on any atom is 0.328 e. The summed E-state index contributed by atoms with van der Waals surface area (Å²) in [5.74, 6) is -1.30. The molecular weight excluding hydrogens is 393 g/mol. The smallest absolute Gasteiger partial charge is 0.328 e. The number of aromatic nitrogens is 2. The number of carbonyl (C=O) groups is 2. The van der Waals surface area contributed by atoms with Gasteiger partial charge in [-0.2, -0.15) is 0 Å². The Morgan fingerprint density at radius 1 is 1.07 bits per heavy atom. The van der Waals surface area contributed by atoms with Crippen molar-refractivity contribution in [1.82, 2.24) is 14.5 Å². The molecule has 1 aromatic heterocycles. The lowest BCUT2D eigenvalue weighted by Gasteiger charge is -2.24. The van der Waals surface area contributed by atoms with Crippen molar-refractivity contribution in [3.63, 3.8) is 0 Å². The topological polar surface area (TPSA) is 91.6 Å². The van der Waals surface area contributed by atoms with Crippen molar-refractivity contribution in [1.29, 1.82) is 0 Å². The molecule has 9 heteroatoms. The van der Waals surface area contributed by atoms with E-state index in [4.69, 9.17) is 9.47 Å². The molecule has 2 atom stereocenters. The third kappa shape index (κ3) is 6.28. The van der Waals surface area contributed by atoms with E-state index in [-0.39, 0.29) is 30.5 Å². The highest BCUT2D eigenvalue weighted by molar-refractivity contribution is 5.79. The summed E-state index contributed by atoms with van der Waals surface area (Å²) < 4.78 is 25.8. The van der Waals surface area contributed by atoms with Gasteiger partial charge in [0, 0.05) is 12.4 Å². The monoisotopic (exact) mass is 421 g/mol. The lowest BCUT2D eigenvalue weighted by atomic mass is 10.0. The van der Waals surface area contributed by atoms with E-state index in [0.29, 0.717) is 12.0 Å². The average Bonchev–Trinajstić information content (AvgIpc) is 3.04. The zero-order valence-electron chi connectivity index (χ0n) is 17.6. The predicted molar refractivity (Wildman–Crippen MR) is 108 cm³/mol. The lowest BCUT2D eigenvalue weighted by Crippen LogP contribution is -2.51. The zero-order valence-corrected chi connectivity index (χ0v) is 17.6. The summed E-state index contributed by atoms with van der Waals surface area (Å²) in [6.45, 7) is 4.05. The molecule has 0 aliphatic rings. The molecule has 0 aliphatic heterocycles. The summed E-state index contributed by atoms with van der Waals surface area (Å²) in [4.78, 5) is 37.1. The van der Waals surface area contributed by atoms with Gasteiger partial charge in [0.2, 0.25) is 0 Å². The van der Waals surface area contributed by atoms with E-state index in [2.05, 4.69) is 5.32 Å². The maximum absolute atomic E-state index is 13.4. The summed E-state index contributed by atoms with van der Waals surface area (Å²) in [5, 5.41) is 2.96. The molecule has 30 heavy (non-hydrogen) atoms. The molecule has 8 nitrogen and oxygen atoms in total. The zero-order chi connectivity index (χ0) is 22.3. The molecule has 2 rings (SSSR count). The highest BCUT2D eigenvalue weighted by Crippen LogP contribution is 2.09. The predicted octanol–water partition coefficient (Wildman–Crippen LogP) is 1.56. The first-order chi connectivity index (χ1) is 14.2. The number of nitrogens with one attached hydrogen (secondary N) is 1.